The summed E-state index contributed by atoms with van der Waals surface area (Å²) >= 11 is 0. The maximum atomic E-state index is 11.1. The minimum Gasteiger partial charge on any atom is -0.339 e. The lowest BCUT2D eigenvalue weighted by Crippen LogP contribution is -2.02. The van der Waals surface area contributed by atoms with Crippen molar-refractivity contribution in [2.24, 2.45) is 11.8 Å². The zero-order valence-corrected chi connectivity index (χ0v) is 9.90. The van der Waals surface area contributed by atoms with E-state index in [0.717, 1.165) is 12.3 Å². The van der Waals surface area contributed by atoms with Gasteiger partial charge in [0, 0.05) is 12.2 Å². The van der Waals surface area contributed by atoms with Crippen molar-refractivity contribution in [2.45, 2.75) is 30.9 Å². The van der Waals surface area contributed by atoms with Gasteiger partial charge in [0.05, 0.1) is 0 Å². The Morgan fingerprint density at radius 1 is 1.44 bits per heavy atom. The van der Waals surface area contributed by atoms with Crippen LogP contribution in [0.2, 0.25) is 0 Å². The molecule has 0 aromatic carbocycles. The van der Waals surface area contributed by atoms with E-state index in [1.54, 1.807) is 0 Å². The van der Waals surface area contributed by atoms with Crippen molar-refractivity contribution in [1.82, 2.24) is 10.1 Å². The van der Waals surface area contributed by atoms with Gasteiger partial charge in [0.15, 0.2) is 15.7 Å². The van der Waals surface area contributed by atoms with Gasteiger partial charge in [-0.3, -0.25) is 0 Å². The van der Waals surface area contributed by atoms with E-state index in [2.05, 4.69) is 10.1 Å². The first-order valence-corrected chi connectivity index (χ1v) is 7.59. The molecule has 2 fully saturated rings. The second-order valence-corrected chi connectivity index (χ2v) is 7.10. The molecule has 0 aliphatic heterocycles. The molecule has 2 aliphatic carbocycles. The highest BCUT2D eigenvalue weighted by Crippen LogP contribution is 2.58. The van der Waals surface area contributed by atoms with Gasteiger partial charge in [-0.25, -0.2) is 8.42 Å². The minimum absolute atomic E-state index is 0.128. The fourth-order valence-corrected chi connectivity index (χ4v) is 2.84. The SMILES string of the molecule is CS(=O)(=O)Cc1noc([C@H]2C[C@@H]2C2CC2)n1. The third-order valence-electron chi connectivity index (χ3n) is 3.26. The molecule has 1 heterocycles. The van der Waals surface area contributed by atoms with Gasteiger partial charge in [0.1, 0.15) is 5.75 Å². The van der Waals surface area contributed by atoms with Gasteiger partial charge in [-0.1, -0.05) is 5.16 Å². The van der Waals surface area contributed by atoms with Gasteiger partial charge in [0.2, 0.25) is 5.89 Å². The molecule has 0 spiro atoms. The van der Waals surface area contributed by atoms with Crippen LogP contribution in [0.15, 0.2) is 4.52 Å². The summed E-state index contributed by atoms with van der Waals surface area (Å²) in [5, 5.41) is 3.71. The summed E-state index contributed by atoms with van der Waals surface area (Å²) < 4.78 is 27.2. The van der Waals surface area contributed by atoms with Crippen LogP contribution in [0.25, 0.3) is 0 Å². The van der Waals surface area contributed by atoms with Gasteiger partial charge in [-0.15, -0.1) is 0 Å². The Hall–Kier alpha value is -0.910. The smallest absolute Gasteiger partial charge is 0.230 e. The predicted octanol–water partition coefficient (Wildman–Crippen LogP) is 1.13. The second-order valence-electron chi connectivity index (χ2n) is 4.96. The molecule has 2 saturated carbocycles. The molecule has 0 N–H and O–H groups in total. The van der Waals surface area contributed by atoms with Crippen LogP contribution in [-0.4, -0.2) is 24.8 Å². The molecule has 1 aromatic rings. The minimum atomic E-state index is -3.07. The third-order valence-corrected chi connectivity index (χ3v) is 4.04. The Morgan fingerprint density at radius 2 is 2.19 bits per heavy atom. The summed E-state index contributed by atoms with van der Waals surface area (Å²) in [5.41, 5.74) is 0. The Kier molecular flexibility index (Phi) is 2.11. The summed E-state index contributed by atoms with van der Waals surface area (Å²) in [6, 6.07) is 0. The summed E-state index contributed by atoms with van der Waals surface area (Å²) in [6.45, 7) is 0. The Morgan fingerprint density at radius 3 is 2.81 bits per heavy atom. The predicted molar refractivity (Wildman–Crippen MR) is 56.4 cm³/mol. The lowest BCUT2D eigenvalue weighted by Gasteiger charge is -1.90. The van der Waals surface area contributed by atoms with Gasteiger partial charge >= 0.3 is 0 Å². The quantitative estimate of drug-likeness (QED) is 0.791. The maximum Gasteiger partial charge on any atom is 0.230 e. The molecule has 1 aromatic heterocycles. The second kappa shape index (κ2) is 3.29. The van der Waals surface area contributed by atoms with E-state index in [1.807, 2.05) is 0 Å². The van der Waals surface area contributed by atoms with Crippen LogP contribution in [-0.2, 0) is 15.6 Å². The van der Waals surface area contributed by atoms with Gasteiger partial charge in [-0.2, -0.15) is 4.98 Å². The highest BCUT2D eigenvalue weighted by molar-refractivity contribution is 7.89. The fraction of sp³-hybridized carbons (Fsp3) is 0.800. The molecule has 0 unspecified atom stereocenters. The lowest BCUT2D eigenvalue weighted by atomic mass is 10.2. The van der Waals surface area contributed by atoms with Crippen molar-refractivity contribution in [1.29, 1.82) is 0 Å². The molecule has 0 saturated heterocycles. The fourth-order valence-electron chi connectivity index (χ4n) is 2.26. The first kappa shape index (κ1) is 10.3. The molecule has 16 heavy (non-hydrogen) atoms. The van der Waals surface area contributed by atoms with E-state index in [1.165, 1.54) is 19.1 Å². The normalized spacial score (nSPS) is 29.3. The number of aromatic nitrogens is 2. The highest BCUT2D eigenvalue weighted by atomic mass is 32.2. The van der Waals surface area contributed by atoms with E-state index in [-0.39, 0.29) is 5.75 Å². The van der Waals surface area contributed by atoms with E-state index in [0.29, 0.717) is 23.6 Å². The molecule has 2 aliphatic rings. The van der Waals surface area contributed by atoms with E-state index < -0.39 is 9.84 Å². The number of hydrogen-bond acceptors (Lipinski definition) is 5. The molecule has 2 atom stereocenters. The van der Waals surface area contributed by atoms with Crippen LogP contribution in [0.1, 0.15) is 36.9 Å². The van der Waals surface area contributed by atoms with E-state index >= 15 is 0 Å². The molecule has 0 bridgehead atoms. The van der Waals surface area contributed by atoms with Crippen molar-refractivity contribution in [3.63, 3.8) is 0 Å². The lowest BCUT2D eigenvalue weighted by molar-refractivity contribution is 0.369. The van der Waals surface area contributed by atoms with Crippen molar-refractivity contribution < 1.29 is 12.9 Å². The monoisotopic (exact) mass is 242 g/mol. The molecule has 6 heteroatoms. The third kappa shape index (κ3) is 2.11. The molecular weight excluding hydrogens is 228 g/mol. The Balaban J connectivity index is 1.69. The van der Waals surface area contributed by atoms with Crippen LogP contribution in [0.5, 0.6) is 0 Å². The average molecular weight is 242 g/mol. The summed E-state index contributed by atoms with van der Waals surface area (Å²) in [4.78, 5) is 4.16. The summed E-state index contributed by atoms with van der Waals surface area (Å²) in [7, 11) is -3.07. The van der Waals surface area contributed by atoms with E-state index in [4.69, 9.17) is 4.52 Å². The number of nitrogens with zero attached hydrogens (tertiary/aromatic N) is 2. The Bertz CT molecular complexity index is 504. The van der Waals surface area contributed by atoms with Gasteiger partial charge < -0.3 is 4.52 Å². The molecule has 0 amide bonds. The van der Waals surface area contributed by atoms with Crippen molar-refractivity contribution in [3.05, 3.63) is 11.7 Å². The molecule has 0 radical (unpaired) electrons. The zero-order valence-electron chi connectivity index (χ0n) is 9.09. The maximum absolute atomic E-state index is 11.1. The zero-order chi connectivity index (χ0) is 11.3. The van der Waals surface area contributed by atoms with Gasteiger partial charge in [0.25, 0.3) is 0 Å². The number of hydrogen-bond donors (Lipinski definition) is 0. The number of sulfone groups is 1. The number of rotatable bonds is 4. The largest absolute Gasteiger partial charge is 0.339 e. The van der Waals surface area contributed by atoms with Crippen molar-refractivity contribution in [3.8, 4) is 0 Å². The summed E-state index contributed by atoms with van der Waals surface area (Å²) in [5.74, 6) is 2.77. The van der Waals surface area contributed by atoms with Crippen molar-refractivity contribution >= 4 is 9.84 Å². The van der Waals surface area contributed by atoms with E-state index in [9.17, 15) is 8.42 Å². The first-order chi connectivity index (χ1) is 7.53. The molecular formula is C10H14N2O3S. The van der Waals surface area contributed by atoms with Crippen molar-refractivity contribution in [2.75, 3.05) is 6.26 Å². The van der Waals surface area contributed by atoms with Crippen LogP contribution in [0.4, 0.5) is 0 Å². The van der Waals surface area contributed by atoms with Crippen LogP contribution in [0, 0.1) is 11.8 Å². The molecule has 5 nitrogen and oxygen atoms in total. The molecule has 88 valence electrons. The Labute approximate surface area is 94.1 Å². The van der Waals surface area contributed by atoms with Crippen LogP contribution < -0.4 is 0 Å². The summed E-state index contributed by atoms with van der Waals surface area (Å²) in [6.07, 6.45) is 4.95. The average Bonchev–Trinajstić information content (AvgIpc) is 3.03. The van der Waals surface area contributed by atoms with Gasteiger partial charge in [-0.05, 0) is 31.1 Å². The first-order valence-electron chi connectivity index (χ1n) is 5.53. The van der Waals surface area contributed by atoms with Crippen LogP contribution >= 0.6 is 0 Å². The topological polar surface area (TPSA) is 73.1 Å². The standard InChI is InChI=1S/C10H14N2O3S/c1-16(13,14)5-9-11-10(15-12-9)8-4-7(8)6-2-3-6/h6-8H,2-5H2,1H3/t7-,8+/m1/s1. The highest BCUT2D eigenvalue weighted by Gasteiger charge is 2.50. The van der Waals surface area contributed by atoms with Crippen LogP contribution in [0.3, 0.4) is 0 Å². The molecule has 3 rings (SSSR count).